The van der Waals surface area contributed by atoms with Gasteiger partial charge in [-0.05, 0) is 18.4 Å². The van der Waals surface area contributed by atoms with Gasteiger partial charge in [-0.15, -0.1) is 11.3 Å². The molecule has 2 heterocycles. The largest absolute Gasteiger partial charge is 0.294 e. The lowest BCUT2D eigenvalue weighted by Gasteiger charge is -2.19. The molecule has 4 heteroatoms. The maximum atomic E-state index is 12.0. The summed E-state index contributed by atoms with van der Waals surface area (Å²) in [5.41, 5.74) is 2.67. The number of aryl methyl sites for hydroxylation is 1. The molecule has 1 aliphatic carbocycles. The van der Waals surface area contributed by atoms with E-state index in [1.807, 2.05) is 13.0 Å². The molecule has 1 atom stereocenters. The van der Waals surface area contributed by atoms with Gasteiger partial charge < -0.3 is 0 Å². The Bertz CT molecular complexity index is 527. The summed E-state index contributed by atoms with van der Waals surface area (Å²) < 4.78 is 0. The van der Waals surface area contributed by atoms with Crippen LogP contribution in [0.5, 0.6) is 0 Å². The summed E-state index contributed by atoms with van der Waals surface area (Å²) in [5.74, 6) is 0.550. The Hall–Kier alpha value is -1.42. The van der Waals surface area contributed by atoms with Gasteiger partial charge in [0.15, 0.2) is 5.78 Å². The Kier molecular flexibility index (Phi) is 2.17. The number of fused-ring (bicyclic) bond motifs is 1. The summed E-state index contributed by atoms with van der Waals surface area (Å²) in [5, 5.41) is 9.19. The first-order valence-corrected chi connectivity index (χ1v) is 6.24. The lowest BCUT2D eigenvalue weighted by atomic mass is 9.85. The summed E-state index contributed by atoms with van der Waals surface area (Å²) in [6.45, 7) is 1.91. The molecule has 2 aromatic rings. The lowest BCUT2D eigenvalue weighted by molar-refractivity contribution is 0.0964. The van der Waals surface area contributed by atoms with E-state index < -0.39 is 0 Å². The third kappa shape index (κ3) is 1.41. The van der Waals surface area contributed by atoms with Crippen LogP contribution in [-0.2, 0) is 6.42 Å². The fourth-order valence-electron chi connectivity index (χ4n) is 2.35. The summed E-state index contributed by atoms with van der Waals surface area (Å²) >= 11 is 1.72. The number of nitrogens with zero attached hydrogens (tertiary/aromatic N) is 1. The summed E-state index contributed by atoms with van der Waals surface area (Å²) in [7, 11) is 0. The molecule has 16 heavy (non-hydrogen) atoms. The average Bonchev–Trinajstić information content (AvgIpc) is 2.87. The monoisotopic (exact) mass is 232 g/mol. The molecule has 0 saturated carbocycles. The summed E-state index contributed by atoms with van der Waals surface area (Å²) in [6, 6.07) is 4.14. The van der Waals surface area contributed by atoms with E-state index in [-0.39, 0.29) is 5.78 Å². The van der Waals surface area contributed by atoms with Gasteiger partial charge >= 0.3 is 0 Å². The maximum absolute atomic E-state index is 12.0. The zero-order valence-electron chi connectivity index (χ0n) is 8.99. The van der Waals surface area contributed by atoms with Crippen LogP contribution in [0.1, 0.15) is 39.0 Å². The molecule has 0 fully saturated rings. The van der Waals surface area contributed by atoms with Gasteiger partial charge in [0.1, 0.15) is 0 Å². The molecule has 3 rings (SSSR count). The van der Waals surface area contributed by atoms with E-state index >= 15 is 0 Å². The van der Waals surface area contributed by atoms with E-state index in [0.717, 1.165) is 23.4 Å². The van der Waals surface area contributed by atoms with Gasteiger partial charge in [-0.25, -0.2) is 0 Å². The number of nitrogens with one attached hydrogen (secondary N) is 1. The van der Waals surface area contributed by atoms with Gasteiger partial charge in [-0.2, -0.15) is 5.10 Å². The van der Waals surface area contributed by atoms with Crippen LogP contribution in [0.25, 0.3) is 0 Å². The van der Waals surface area contributed by atoms with Crippen molar-refractivity contribution in [2.24, 2.45) is 0 Å². The van der Waals surface area contributed by atoms with E-state index in [1.165, 1.54) is 4.88 Å². The van der Waals surface area contributed by atoms with E-state index in [0.29, 0.717) is 12.3 Å². The number of ketones is 1. The third-order valence-electron chi connectivity index (χ3n) is 3.12. The Morgan fingerprint density at radius 3 is 3.12 bits per heavy atom. The number of carbonyl (C=O) groups is 1. The predicted octanol–water partition coefficient (Wildman–Crippen LogP) is 2.69. The lowest BCUT2D eigenvalue weighted by Crippen LogP contribution is -2.17. The molecule has 0 unspecified atom stereocenters. The van der Waals surface area contributed by atoms with Gasteiger partial charge in [0.25, 0.3) is 0 Å². The topological polar surface area (TPSA) is 45.8 Å². The Balaban J connectivity index is 1.99. The number of aromatic amines is 1. The predicted molar refractivity (Wildman–Crippen MR) is 63.0 cm³/mol. The van der Waals surface area contributed by atoms with E-state index in [4.69, 9.17) is 0 Å². The summed E-state index contributed by atoms with van der Waals surface area (Å²) in [6.07, 6.45) is 1.50. The smallest absolute Gasteiger partial charge is 0.167 e. The van der Waals surface area contributed by atoms with Gasteiger partial charge in [0, 0.05) is 29.3 Å². The second-order valence-corrected chi connectivity index (χ2v) is 5.19. The van der Waals surface area contributed by atoms with E-state index in [9.17, 15) is 4.79 Å². The fraction of sp³-hybridized carbons (Fsp3) is 0.333. The molecule has 2 aromatic heterocycles. The zero-order chi connectivity index (χ0) is 11.1. The van der Waals surface area contributed by atoms with Crippen LogP contribution >= 0.6 is 11.3 Å². The molecule has 0 saturated heterocycles. The van der Waals surface area contributed by atoms with Crippen molar-refractivity contribution < 1.29 is 4.79 Å². The number of Topliss-reactive ketones (excluding diaryl/α,β-unsaturated/α-hetero) is 1. The van der Waals surface area contributed by atoms with Crippen molar-refractivity contribution in [2.75, 3.05) is 0 Å². The first-order chi connectivity index (χ1) is 7.75. The minimum Gasteiger partial charge on any atom is -0.294 e. The van der Waals surface area contributed by atoms with Crippen LogP contribution in [0.3, 0.4) is 0 Å². The second kappa shape index (κ2) is 3.56. The molecule has 0 spiro atoms. The van der Waals surface area contributed by atoms with Crippen LogP contribution < -0.4 is 0 Å². The third-order valence-corrected chi connectivity index (χ3v) is 4.15. The van der Waals surface area contributed by atoms with Gasteiger partial charge in [0.2, 0.25) is 0 Å². The number of carbonyl (C=O) groups excluding carboxylic acids is 1. The maximum Gasteiger partial charge on any atom is 0.167 e. The molecule has 1 N–H and O–H groups in total. The van der Waals surface area contributed by atoms with Crippen molar-refractivity contribution in [2.45, 2.75) is 25.7 Å². The van der Waals surface area contributed by atoms with Gasteiger partial charge in [-0.1, -0.05) is 6.07 Å². The van der Waals surface area contributed by atoms with E-state index in [2.05, 4.69) is 21.6 Å². The quantitative estimate of drug-likeness (QED) is 0.821. The number of aromatic nitrogens is 2. The van der Waals surface area contributed by atoms with Gasteiger partial charge in [-0.3, -0.25) is 9.89 Å². The highest BCUT2D eigenvalue weighted by Gasteiger charge is 2.30. The van der Waals surface area contributed by atoms with E-state index in [1.54, 1.807) is 11.3 Å². The van der Waals surface area contributed by atoms with Crippen molar-refractivity contribution in [3.8, 4) is 0 Å². The number of hydrogen-bond donors (Lipinski definition) is 1. The minimum absolute atomic E-state index is 0.228. The molecule has 3 nitrogen and oxygen atoms in total. The molecule has 0 aromatic carbocycles. The molecule has 0 bridgehead atoms. The van der Waals surface area contributed by atoms with Crippen LogP contribution in [-0.4, -0.2) is 16.0 Å². The Labute approximate surface area is 97.5 Å². The molecule has 0 radical (unpaired) electrons. The molecule has 1 aliphatic rings. The van der Waals surface area contributed by atoms with Crippen molar-refractivity contribution in [3.05, 3.63) is 39.3 Å². The van der Waals surface area contributed by atoms with Crippen LogP contribution in [0.15, 0.2) is 17.5 Å². The van der Waals surface area contributed by atoms with Crippen LogP contribution in [0, 0.1) is 6.92 Å². The second-order valence-electron chi connectivity index (χ2n) is 4.21. The number of thiophene rings is 1. The summed E-state index contributed by atoms with van der Waals surface area (Å²) in [4.78, 5) is 13.3. The minimum atomic E-state index is 0.228. The SMILES string of the molecule is Cc1[nH]nc2c1C(=O)C[C@H](c1cccs1)C2. The molecule has 82 valence electrons. The molecule has 0 aliphatic heterocycles. The first-order valence-electron chi connectivity index (χ1n) is 5.36. The van der Waals surface area contributed by atoms with Crippen molar-refractivity contribution in [3.63, 3.8) is 0 Å². The fourth-order valence-corrected chi connectivity index (χ4v) is 3.18. The number of hydrogen-bond acceptors (Lipinski definition) is 3. The van der Waals surface area contributed by atoms with Crippen LogP contribution in [0.2, 0.25) is 0 Å². The average molecular weight is 232 g/mol. The highest BCUT2D eigenvalue weighted by Crippen LogP contribution is 2.34. The standard InChI is InChI=1S/C12H12N2OS/c1-7-12-9(14-13-7)5-8(6-10(12)15)11-3-2-4-16-11/h2-4,8H,5-6H2,1H3,(H,13,14)/t8-/m1/s1. The van der Waals surface area contributed by atoms with Crippen LogP contribution in [0.4, 0.5) is 0 Å². The molecular weight excluding hydrogens is 220 g/mol. The Morgan fingerprint density at radius 1 is 1.50 bits per heavy atom. The molecular formula is C12H12N2OS. The first kappa shape index (κ1) is 9.78. The van der Waals surface area contributed by atoms with Crippen molar-refractivity contribution in [1.82, 2.24) is 10.2 Å². The highest BCUT2D eigenvalue weighted by molar-refractivity contribution is 7.10. The van der Waals surface area contributed by atoms with Crippen molar-refractivity contribution in [1.29, 1.82) is 0 Å². The van der Waals surface area contributed by atoms with Crippen molar-refractivity contribution >= 4 is 17.1 Å². The zero-order valence-corrected chi connectivity index (χ0v) is 9.80. The molecule has 0 amide bonds. The highest BCUT2D eigenvalue weighted by atomic mass is 32.1. The number of rotatable bonds is 1. The normalized spacial score (nSPS) is 19.8. The van der Waals surface area contributed by atoms with Gasteiger partial charge in [0.05, 0.1) is 11.3 Å². The Morgan fingerprint density at radius 2 is 2.38 bits per heavy atom. The number of H-pyrrole nitrogens is 1.